The van der Waals surface area contributed by atoms with Crippen molar-refractivity contribution < 1.29 is 0 Å². The van der Waals surface area contributed by atoms with Crippen molar-refractivity contribution in [2.45, 2.75) is 65.2 Å². The molecule has 1 rings (SSSR count). The lowest BCUT2D eigenvalue weighted by molar-refractivity contribution is 0.583. The molecular formula is C19H33NS. The van der Waals surface area contributed by atoms with Crippen molar-refractivity contribution in [3.63, 3.8) is 0 Å². The summed E-state index contributed by atoms with van der Waals surface area (Å²) < 4.78 is 0. The first-order chi connectivity index (χ1) is 9.75. The summed E-state index contributed by atoms with van der Waals surface area (Å²) in [6.45, 7) is 16.9. The first kappa shape index (κ1) is 18.6. The molecule has 0 aliphatic rings. The van der Waals surface area contributed by atoms with Crippen LogP contribution >= 0.6 is 11.8 Å². The van der Waals surface area contributed by atoms with E-state index in [1.807, 2.05) is 0 Å². The molecule has 0 amide bonds. The van der Waals surface area contributed by atoms with Crippen LogP contribution in [0.2, 0.25) is 0 Å². The lowest BCUT2D eigenvalue weighted by Crippen LogP contribution is -2.24. The maximum atomic E-state index is 3.63. The topological polar surface area (TPSA) is 12.0 Å². The zero-order chi connectivity index (χ0) is 16.0. The predicted molar refractivity (Wildman–Crippen MR) is 98.3 cm³/mol. The number of thioether (sulfide) groups is 1. The van der Waals surface area contributed by atoms with Gasteiger partial charge in [0.2, 0.25) is 0 Å². The minimum Gasteiger partial charge on any atom is -0.310 e. The van der Waals surface area contributed by atoms with Crippen LogP contribution in [-0.2, 0) is 5.41 Å². The van der Waals surface area contributed by atoms with Crippen molar-refractivity contribution in [2.24, 2.45) is 5.92 Å². The first-order valence-corrected chi connectivity index (χ1v) is 9.26. The second-order valence-electron chi connectivity index (χ2n) is 7.26. The molecule has 0 saturated carbocycles. The summed E-state index contributed by atoms with van der Waals surface area (Å²) in [5.41, 5.74) is 3.05. The van der Waals surface area contributed by atoms with Crippen LogP contribution in [0.15, 0.2) is 24.3 Å². The molecule has 1 aromatic carbocycles. The van der Waals surface area contributed by atoms with Crippen molar-refractivity contribution >= 4 is 11.8 Å². The number of nitrogens with one attached hydrogen (secondary N) is 1. The van der Waals surface area contributed by atoms with Gasteiger partial charge in [-0.15, -0.1) is 0 Å². The van der Waals surface area contributed by atoms with Gasteiger partial charge in [-0.05, 0) is 29.0 Å². The highest BCUT2D eigenvalue weighted by molar-refractivity contribution is 7.99. The highest BCUT2D eigenvalue weighted by atomic mass is 32.2. The third kappa shape index (κ3) is 6.04. The molecule has 0 aliphatic heterocycles. The van der Waals surface area contributed by atoms with E-state index in [-0.39, 0.29) is 5.41 Å². The Morgan fingerprint density at radius 3 is 2.05 bits per heavy atom. The Kier molecular flexibility index (Phi) is 7.29. The van der Waals surface area contributed by atoms with Crippen molar-refractivity contribution in [1.82, 2.24) is 5.32 Å². The fourth-order valence-corrected chi connectivity index (χ4v) is 3.37. The summed E-state index contributed by atoms with van der Waals surface area (Å²) in [6.07, 6.45) is 0. The van der Waals surface area contributed by atoms with Crippen molar-refractivity contribution in [2.75, 3.05) is 12.3 Å². The van der Waals surface area contributed by atoms with Gasteiger partial charge in [0, 0.05) is 17.0 Å². The molecule has 0 fully saturated rings. The van der Waals surface area contributed by atoms with Gasteiger partial charge >= 0.3 is 0 Å². The number of hydrogen-bond acceptors (Lipinski definition) is 2. The fraction of sp³-hybridized carbons (Fsp3) is 0.684. The maximum absolute atomic E-state index is 3.63. The molecule has 0 heterocycles. The fourth-order valence-electron chi connectivity index (χ4n) is 2.18. The van der Waals surface area contributed by atoms with E-state index in [1.54, 1.807) is 0 Å². The van der Waals surface area contributed by atoms with E-state index in [4.69, 9.17) is 0 Å². The van der Waals surface area contributed by atoms with Gasteiger partial charge in [-0.25, -0.2) is 0 Å². The predicted octanol–water partition coefficient (Wildman–Crippen LogP) is 5.41. The second kappa shape index (κ2) is 8.24. The summed E-state index contributed by atoms with van der Waals surface area (Å²) in [4.78, 5) is 0. The molecule has 0 aromatic heterocycles. The molecule has 0 aliphatic carbocycles. The van der Waals surface area contributed by atoms with Gasteiger partial charge in [0.15, 0.2) is 0 Å². The Morgan fingerprint density at radius 1 is 1.05 bits per heavy atom. The molecule has 2 unspecified atom stereocenters. The Bertz CT molecular complexity index is 403. The molecule has 0 saturated heterocycles. The van der Waals surface area contributed by atoms with Crippen molar-refractivity contribution in [1.29, 1.82) is 0 Å². The van der Waals surface area contributed by atoms with E-state index < -0.39 is 0 Å². The van der Waals surface area contributed by atoms with E-state index in [0.717, 1.165) is 18.2 Å². The molecule has 1 N–H and O–H groups in total. The van der Waals surface area contributed by atoms with Gasteiger partial charge < -0.3 is 5.32 Å². The van der Waals surface area contributed by atoms with Crippen LogP contribution < -0.4 is 5.32 Å². The summed E-state index contributed by atoms with van der Waals surface area (Å²) in [6, 6.07) is 9.63. The molecule has 2 heteroatoms. The van der Waals surface area contributed by atoms with Gasteiger partial charge in [-0.3, -0.25) is 0 Å². The Labute approximate surface area is 136 Å². The van der Waals surface area contributed by atoms with Crippen LogP contribution in [0.25, 0.3) is 0 Å². The third-order valence-corrected chi connectivity index (χ3v) is 5.69. The van der Waals surface area contributed by atoms with Crippen LogP contribution in [0.4, 0.5) is 0 Å². The number of benzene rings is 1. The molecule has 2 atom stereocenters. The molecule has 0 spiro atoms. The maximum Gasteiger partial charge on any atom is 0.0411 e. The van der Waals surface area contributed by atoms with Gasteiger partial charge in [0.1, 0.15) is 0 Å². The summed E-state index contributed by atoms with van der Waals surface area (Å²) in [5, 5.41) is 4.34. The van der Waals surface area contributed by atoms with Crippen LogP contribution in [0, 0.1) is 5.92 Å². The highest BCUT2D eigenvalue weighted by Crippen LogP contribution is 2.27. The second-order valence-corrected chi connectivity index (χ2v) is 8.67. The smallest absolute Gasteiger partial charge is 0.0411 e. The third-order valence-electron chi connectivity index (χ3n) is 4.09. The first-order valence-electron chi connectivity index (χ1n) is 8.21. The molecule has 0 bridgehead atoms. The molecule has 120 valence electrons. The van der Waals surface area contributed by atoms with Gasteiger partial charge in [0.25, 0.3) is 0 Å². The van der Waals surface area contributed by atoms with Crippen molar-refractivity contribution in [3.8, 4) is 0 Å². The lowest BCUT2D eigenvalue weighted by Gasteiger charge is -2.24. The quantitative estimate of drug-likeness (QED) is 0.722. The Hall–Kier alpha value is -0.470. The Balaban J connectivity index is 2.76. The van der Waals surface area contributed by atoms with Gasteiger partial charge in [0.05, 0.1) is 0 Å². The van der Waals surface area contributed by atoms with Crippen LogP contribution in [0.1, 0.15) is 65.6 Å². The average Bonchev–Trinajstić information content (AvgIpc) is 2.42. The van der Waals surface area contributed by atoms with Gasteiger partial charge in [-0.1, -0.05) is 72.7 Å². The monoisotopic (exact) mass is 307 g/mol. The SMILES string of the molecule is CCNC(CSC(C)C(C)C)c1ccc(C(C)(C)C)cc1. The molecular weight excluding hydrogens is 274 g/mol. The van der Waals surface area contributed by atoms with E-state index in [1.165, 1.54) is 11.1 Å². The minimum absolute atomic E-state index is 0.229. The normalized spacial score (nSPS) is 15.2. The summed E-state index contributed by atoms with van der Waals surface area (Å²) in [5.74, 6) is 1.88. The number of hydrogen-bond donors (Lipinski definition) is 1. The average molecular weight is 308 g/mol. The molecule has 21 heavy (non-hydrogen) atoms. The van der Waals surface area contributed by atoms with E-state index in [9.17, 15) is 0 Å². The standard InChI is InChI=1S/C19H33NS/c1-8-20-18(13-21-15(4)14(2)3)16-9-11-17(12-10-16)19(5,6)7/h9-12,14-15,18,20H,8,13H2,1-7H3. The molecule has 0 radical (unpaired) electrons. The van der Waals surface area contributed by atoms with E-state index in [2.05, 4.69) is 89.8 Å². The zero-order valence-electron chi connectivity index (χ0n) is 14.9. The van der Waals surface area contributed by atoms with Crippen LogP contribution in [-0.4, -0.2) is 17.5 Å². The largest absolute Gasteiger partial charge is 0.310 e. The van der Waals surface area contributed by atoms with Gasteiger partial charge in [-0.2, -0.15) is 11.8 Å². The highest BCUT2D eigenvalue weighted by Gasteiger charge is 2.17. The minimum atomic E-state index is 0.229. The van der Waals surface area contributed by atoms with Crippen LogP contribution in [0.5, 0.6) is 0 Å². The lowest BCUT2D eigenvalue weighted by atomic mass is 9.86. The summed E-state index contributed by atoms with van der Waals surface area (Å²) in [7, 11) is 0. The van der Waals surface area contributed by atoms with E-state index in [0.29, 0.717) is 11.3 Å². The Morgan fingerprint density at radius 2 is 1.62 bits per heavy atom. The summed E-state index contributed by atoms with van der Waals surface area (Å²) >= 11 is 2.07. The zero-order valence-corrected chi connectivity index (χ0v) is 15.7. The molecule has 1 aromatic rings. The van der Waals surface area contributed by atoms with Crippen LogP contribution in [0.3, 0.4) is 0 Å². The van der Waals surface area contributed by atoms with Crippen molar-refractivity contribution in [3.05, 3.63) is 35.4 Å². The van der Waals surface area contributed by atoms with E-state index >= 15 is 0 Å². The number of rotatable bonds is 7. The molecule has 1 nitrogen and oxygen atoms in total.